The molecule has 0 spiro atoms. The summed E-state index contributed by atoms with van der Waals surface area (Å²) < 4.78 is 11.1. The van der Waals surface area contributed by atoms with E-state index in [1.54, 1.807) is 48.5 Å². The third-order valence-electron chi connectivity index (χ3n) is 4.52. The largest absolute Gasteiger partial charge is 0.457 e. The van der Waals surface area contributed by atoms with Crippen molar-refractivity contribution in [3.8, 4) is 11.5 Å². The summed E-state index contributed by atoms with van der Waals surface area (Å²) in [6, 6.07) is 20.9. The van der Waals surface area contributed by atoms with Gasteiger partial charge in [0, 0.05) is 29.1 Å². The molecule has 4 aromatic rings. The fourth-order valence-corrected chi connectivity index (χ4v) is 3.07. The van der Waals surface area contributed by atoms with E-state index in [9.17, 15) is 19.7 Å². The minimum absolute atomic E-state index is 0.0164. The molecular weight excluding hydrogens is 400 g/mol. The Bertz CT molecular complexity index is 1330. The van der Waals surface area contributed by atoms with E-state index in [2.05, 4.69) is 4.98 Å². The van der Waals surface area contributed by atoms with Crippen LogP contribution in [-0.4, -0.2) is 15.9 Å². The number of H-pyrrole nitrogens is 1. The quantitative estimate of drug-likeness (QED) is 0.280. The Morgan fingerprint density at radius 1 is 0.935 bits per heavy atom. The maximum atomic E-state index is 12.6. The number of nitro groups is 1. The van der Waals surface area contributed by atoms with Crippen LogP contribution in [0.1, 0.15) is 15.9 Å². The first-order chi connectivity index (χ1) is 15.0. The van der Waals surface area contributed by atoms with Crippen LogP contribution in [0.4, 0.5) is 5.69 Å². The molecule has 0 aliphatic rings. The van der Waals surface area contributed by atoms with E-state index in [-0.39, 0.29) is 23.4 Å². The molecule has 8 nitrogen and oxygen atoms in total. The molecule has 0 amide bonds. The smallest absolute Gasteiger partial charge is 0.339 e. The summed E-state index contributed by atoms with van der Waals surface area (Å²) in [4.78, 5) is 37.4. The van der Waals surface area contributed by atoms with Crippen molar-refractivity contribution in [1.82, 2.24) is 4.98 Å². The topological polar surface area (TPSA) is 112 Å². The molecular formula is C23H16N2O6. The molecule has 0 saturated carbocycles. The number of pyridine rings is 1. The van der Waals surface area contributed by atoms with Crippen molar-refractivity contribution < 1.29 is 19.2 Å². The zero-order valence-electron chi connectivity index (χ0n) is 16.1. The summed E-state index contributed by atoms with van der Waals surface area (Å²) in [6.07, 6.45) is 0. The van der Waals surface area contributed by atoms with Gasteiger partial charge in [-0.2, -0.15) is 0 Å². The molecule has 1 aromatic heterocycles. The van der Waals surface area contributed by atoms with Crippen molar-refractivity contribution in [1.29, 1.82) is 0 Å². The van der Waals surface area contributed by atoms with Crippen LogP contribution in [0.5, 0.6) is 11.5 Å². The van der Waals surface area contributed by atoms with Crippen molar-refractivity contribution in [2.75, 3.05) is 0 Å². The second-order valence-electron chi connectivity index (χ2n) is 6.67. The van der Waals surface area contributed by atoms with Crippen molar-refractivity contribution in [3.05, 3.63) is 110 Å². The molecule has 0 atom stereocenters. The predicted molar refractivity (Wildman–Crippen MR) is 113 cm³/mol. The van der Waals surface area contributed by atoms with Gasteiger partial charge in [-0.05, 0) is 35.9 Å². The lowest BCUT2D eigenvalue weighted by Gasteiger charge is -2.09. The fourth-order valence-electron chi connectivity index (χ4n) is 3.07. The highest BCUT2D eigenvalue weighted by atomic mass is 16.6. The molecule has 3 aromatic carbocycles. The van der Waals surface area contributed by atoms with Gasteiger partial charge in [-0.1, -0.05) is 30.3 Å². The van der Waals surface area contributed by atoms with Crippen molar-refractivity contribution >= 4 is 22.6 Å². The number of para-hydroxylation sites is 1. The fraction of sp³-hybridized carbons (Fsp3) is 0.0435. The standard InChI is InChI=1S/C23H16N2O6/c26-22-13-20(19-6-1-2-7-21(19)24-22)23(27)30-14-15-4-3-5-18(12-15)31-17-10-8-16(9-11-17)25(28)29/h1-13H,14H2,(H,24,26). The summed E-state index contributed by atoms with van der Waals surface area (Å²) in [5.74, 6) is 0.322. The van der Waals surface area contributed by atoms with E-state index >= 15 is 0 Å². The van der Waals surface area contributed by atoms with Gasteiger partial charge in [0.1, 0.15) is 18.1 Å². The minimum Gasteiger partial charge on any atom is -0.457 e. The second kappa shape index (κ2) is 8.50. The van der Waals surface area contributed by atoms with Crippen LogP contribution in [0.3, 0.4) is 0 Å². The summed E-state index contributed by atoms with van der Waals surface area (Å²) in [5, 5.41) is 11.3. The van der Waals surface area contributed by atoms with Gasteiger partial charge in [-0.15, -0.1) is 0 Å². The Hall–Kier alpha value is -4.46. The molecule has 0 unspecified atom stereocenters. The summed E-state index contributed by atoms with van der Waals surface area (Å²) in [6.45, 7) is -0.0164. The molecule has 154 valence electrons. The second-order valence-corrected chi connectivity index (χ2v) is 6.67. The van der Waals surface area contributed by atoms with Gasteiger partial charge in [0.25, 0.3) is 5.69 Å². The Kier molecular flexibility index (Phi) is 5.44. The zero-order chi connectivity index (χ0) is 21.8. The van der Waals surface area contributed by atoms with Gasteiger partial charge in [0.05, 0.1) is 10.5 Å². The number of nitrogens with zero attached hydrogens (tertiary/aromatic N) is 1. The molecule has 4 rings (SSSR count). The molecule has 0 bridgehead atoms. The van der Waals surface area contributed by atoms with Crippen LogP contribution in [-0.2, 0) is 11.3 Å². The number of esters is 1. The number of nitro benzene ring substituents is 1. The number of fused-ring (bicyclic) bond motifs is 1. The molecule has 1 N–H and O–H groups in total. The number of rotatable bonds is 6. The number of hydrogen-bond donors (Lipinski definition) is 1. The lowest BCUT2D eigenvalue weighted by molar-refractivity contribution is -0.384. The average molecular weight is 416 g/mol. The van der Waals surface area contributed by atoms with Gasteiger partial charge < -0.3 is 14.5 Å². The maximum Gasteiger partial charge on any atom is 0.339 e. The van der Waals surface area contributed by atoms with Gasteiger partial charge in [-0.3, -0.25) is 14.9 Å². The summed E-state index contributed by atoms with van der Waals surface area (Å²) in [5.41, 5.74) is 1.02. The number of carbonyl (C=O) groups excluding carboxylic acids is 1. The summed E-state index contributed by atoms with van der Waals surface area (Å²) in [7, 11) is 0. The third kappa shape index (κ3) is 4.59. The van der Waals surface area contributed by atoms with Crippen LogP contribution in [0.2, 0.25) is 0 Å². The number of ether oxygens (including phenoxy) is 2. The zero-order valence-corrected chi connectivity index (χ0v) is 16.1. The highest BCUT2D eigenvalue weighted by Gasteiger charge is 2.13. The summed E-state index contributed by atoms with van der Waals surface area (Å²) >= 11 is 0. The van der Waals surface area contributed by atoms with Crippen LogP contribution >= 0.6 is 0 Å². The van der Waals surface area contributed by atoms with E-state index in [4.69, 9.17) is 9.47 Å². The van der Waals surface area contributed by atoms with Gasteiger partial charge in [-0.25, -0.2) is 4.79 Å². The lowest BCUT2D eigenvalue weighted by Crippen LogP contribution is -2.12. The number of aromatic nitrogens is 1. The number of non-ortho nitro benzene ring substituents is 1. The number of hydrogen-bond acceptors (Lipinski definition) is 6. The van der Waals surface area contributed by atoms with E-state index in [0.29, 0.717) is 28.0 Å². The Balaban J connectivity index is 1.47. The highest BCUT2D eigenvalue weighted by Crippen LogP contribution is 2.25. The molecule has 1 heterocycles. The van der Waals surface area contributed by atoms with Crippen molar-refractivity contribution in [2.45, 2.75) is 6.61 Å². The SMILES string of the molecule is O=C(OCc1cccc(Oc2ccc([N+](=O)[O-])cc2)c1)c1cc(=O)[nH]c2ccccc12. The Labute approximate surface area is 175 Å². The van der Waals surface area contributed by atoms with Gasteiger partial charge in [0.2, 0.25) is 5.56 Å². The average Bonchev–Trinajstić information content (AvgIpc) is 2.77. The van der Waals surface area contributed by atoms with Crippen LogP contribution in [0, 0.1) is 10.1 Å². The highest BCUT2D eigenvalue weighted by molar-refractivity contribution is 6.03. The van der Waals surface area contributed by atoms with Crippen LogP contribution in [0.15, 0.2) is 83.7 Å². The van der Waals surface area contributed by atoms with E-state index < -0.39 is 10.9 Å². The van der Waals surface area contributed by atoms with E-state index in [1.165, 1.54) is 30.3 Å². The van der Waals surface area contributed by atoms with Crippen molar-refractivity contribution in [2.24, 2.45) is 0 Å². The lowest BCUT2D eigenvalue weighted by atomic mass is 10.1. The first kappa shape index (κ1) is 19.8. The number of benzene rings is 3. The monoisotopic (exact) mass is 416 g/mol. The van der Waals surface area contributed by atoms with Gasteiger partial charge >= 0.3 is 5.97 Å². The first-order valence-electron chi connectivity index (χ1n) is 9.30. The van der Waals surface area contributed by atoms with Crippen molar-refractivity contribution in [3.63, 3.8) is 0 Å². The maximum absolute atomic E-state index is 12.6. The normalized spacial score (nSPS) is 10.6. The Morgan fingerprint density at radius 3 is 2.48 bits per heavy atom. The van der Waals surface area contributed by atoms with E-state index in [0.717, 1.165) is 0 Å². The molecule has 31 heavy (non-hydrogen) atoms. The first-order valence-corrected chi connectivity index (χ1v) is 9.30. The molecule has 0 aliphatic heterocycles. The van der Waals surface area contributed by atoms with Crippen LogP contribution in [0.25, 0.3) is 10.9 Å². The minimum atomic E-state index is -0.607. The molecule has 0 fully saturated rings. The Morgan fingerprint density at radius 2 is 1.71 bits per heavy atom. The number of aromatic amines is 1. The molecule has 0 aliphatic carbocycles. The predicted octanol–water partition coefficient (Wildman–Crippen LogP) is 4.59. The number of nitrogens with one attached hydrogen (secondary N) is 1. The van der Waals surface area contributed by atoms with E-state index in [1.807, 2.05) is 0 Å². The molecule has 8 heteroatoms. The number of carbonyl (C=O) groups is 1. The van der Waals surface area contributed by atoms with Crippen LogP contribution < -0.4 is 10.3 Å². The third-order valence-corrected chi connectivity index (χ3v) is 4.52. The molecule has 0 saturated heterocycles. The molecule has 0 radical (unpaired) electrons. The van der Waals surface area contributed by atoms with Gasteiger partial charge in [0.15, 0.2) is 0 Å².